The molecule has 0 fully saturated rings. The molecule has 18 heavy (non-hydrogen) atoms. The first-order valence-electron chi connectivity index (χ1n) is 5.66. The standard InChI is InChI=1S/C15H14BrFO/c1-10-8-13(18-2)6-7-14(10)15(16)11-4-3-5-12(17)9-11/h3-9,15H,1-2H3. The Morgan fingerprint density at radius 3 is 2.56 bits per heavy atom. The largest absolute Gasteiger partial charge is 0.497 e. The lowest BCUT2D eigenvalue weighted by molar-refractivity contribution is 0.414. The fourth-order valence-electron chi connectivity index (χ4n) is 1.90. The first-order chi connectivity index (χ1) is 8.61. The Hall–Kier alpha value is -1.35. The molecule has 0 aliphatic rings. The minimum Gasteiger partial charge on any atom is -0.497 e. The lowest BCUT2D eigenvalue weighted by atomic mass is 10.00. The highest BCUT2D eigenvalue weighted by molar-refractivity contribution is 9.09. The molecule has 0 heterocycles. The number of hydrogen-bond donors (Lipinski definition) is 0. The number of methoxy groups -OCH3 is 1. The molecule has 0 bridgehead atoms. The van der Waals surface area contributed by atoms with Crippen LogP contribution in [-0.2, 0) is 0 Å². The first kappa shape index (κ1) is 13.1. The van der Waals surface area contributed by atoms with Gasteiger partial charge in [-0.2, -0.15) is 0 Å². The summed E-state index contributed by atoms with van der Waals surface area (Å²) in [5, 5.41) is 0. The van der Waals surface area contributed by atoms with Crippen LogP contribution < -0.4 is 4.74 Å². The minimum atomic E-state index is -0.219. The van der Waals surface area contributed by atoms with Gasteiger partial charge in [-0.15, -0.1) is 0 Å². The summed E-state index contributed by atoms with van der Waals surface area (Å²) in [5.74, 6) is 0.610. The van der Waals surface area contributed by atoms with E-state index >= 15 is 0 Å². The molecule has 2 aromatic rings. The Labute approximate surface area is 115 Å². The van der Waals surface area contributed by atoms with Crippen molar-refractivity contribution in [2.45, 2.75) is 11.8 Å². The van der Waals surface area contributed by atoms with Gasteiger partial charge in [0.2, 0.25) is 0 Å². The van der Waals surface area contributed by atoms with Crippen LogP contribution in [0, 0.1) is 12.7 Å². The minimum absolute atomic E-state index is 0.0147. The smallest absolute Gasteiger partial charge is 0.123 e. The third kappa shape index (κ3) is 2.72. The maximum absolute atomic E-state index is 13.2. The van der Waals surface area contributed by atoms with Gasteiger partial charge in [0, 0.05) is 0 Å². The third-order valence-electron chi connectivity index (χ3n) is 2.89. The lowest BCUT2D eigenvalue weighted by Gasteiger charge is -2.14. The number of halogens is 2. The van der Waals surface area contributed by atoms with Crippen LogP contribution >= 0.6 is 15.9 Å². The normalized spacial score (nSPS) is 12.2. The Morgan fingerprint density at radius 2 is 1.94 bits per heavy atom. The fourth-order valence-corrected chi connectivity index (χ4v) is 2.70. The molecule has 0 N–H and O–H groups in total. The van der Waals surface area contributed by atoms with Crippen LogP contribution in [0.25, 0.3) is 0 Å². The van der Waals surface area contributed by atoms with Crippen molar-refractivity contribution in [1.82, 2.24) is 0 Å². The van der Waals surface area contributed by atoms with E-state index in [0.29, 0.717) is 0 Å². The summed E-state index contributed by atoms with van der Waals surface area (Å²) in [6, 6.07) is 12.5. The van der Waals surface area contributed by atoms with Crippen molar-refractivity contribution >= 4 is 15.9 Å². The average molecular weight is 309 g/mol. The summed E-state index contributed by atoms with van der Waals surface area (Å²) in [7, 11) is 1.65. The van der Waals surface area contributed by atoms with E-state index in [1.807, 2.05) is 31.2 Å². The molecule has 2 aromatic carbocycles. The van der Waals surface area contributed by atoms with Gasteiger partial charge in [0.15, 0.2) is 0 Å². The monoisotopic (exact) mass is 308 g/mol. The third-order valence-corrected chi connectivity index (χ3v) is 3.91. The number of benzene rings is 2. The average Bonchev–Trinajstić information content (AvgIpc) is 2.37. The van der Waals surface area contributed by atoms with Gasteiger partial charge in [-0.3, -0.25) is 0 Å². The summed E-state index contributed by atoms with van der Waals surface area (Å²) in [6.07, 6.45) is 0. The van der Waals surface area contributed by atoms with Crippen molar-refractivity contribution in [1.29, 1.82) is 0 Å². The van der Waals surface area contributed by atoms with Crippen molar-refractivity contribution in [2.75, 3.05) is 7.11 Å². The van der Waals surface area contributed by atoms with E-state index in [9.17, 15) is 4.39 Å². The second-order valence-electron chi connectivity index (χ2n) is 4.14. The number of hydrogen-bond acceptors (Lipinski definition) is 1. The number of ether oxygens (including phenoxy) is 1. The Balaban J connectivity index is 2.37. The molecular formula is C15H14BrFO. The molecule has 3 heteroatoms. The molecule has 0 radical (unpaired) electrons. The van der Waals surface area contributed by atoms with E-state index in [4.69, 9.17) is 4.74 Å². The molecule has 1 unspecified atom stereocenters. The predicted octanol–water partition coefficient (Wildman–Crippen LogP) is 4.63. The van der Waals surface area contributed by atoms with Crippen LogP contribution in [0.4, 0.5) is 4.39 Å². The van der Waals surface area contributed by atoms with Gasteiger partial charge >= 0.3 is 0 Å². The molecule has 0 amide bonds. The zero-order chi connectivity index (χ0) is 13.1. The molecule has 0 aromatic heterocycles. The SMILES string of the molecule is COc1ccc(C(Br)c2cccc(F)c2)c(C)c1. The molecule has 0 aliphatic heterocycles. The number of rotatable bonds is 3. The number of aryl methyl sites for hydroxylation is 1. The van der Waals surface area contributed by atoms with Gasteiger partial charge in [-0.25, -0.2) is 4.39 Å². The second-order valence-corrected chi connectivity index (χ2v) is 5.06. The van der Waals surface area contributed by atoms with E-state index in [1.165, 1.54) is 6.07 Å². The van der Waals surface area contributed by atoms with Gasteiger partial charge < -0.3 is 4.74 Å². The summed E-state index contributed by atoms with van der Waals surface area (Å²) < 4.78 is 18.4. The second kappa shape index (κ2) is 5.53. The molecule has 1 atom stereocenters. The van der Waals surface area contributed by atoms with E-state index in [1.54, 1.807) is 19.2 Å². The van der Waals surface area contributed by atoms with Crippen molar-refractivity contribution in [2.24, 2.45) is 0 Å². The van der Waals surface area contributed by atoms with Crippen molar-refractivity contribution < 1.29 is 9.13 Å². The Morgan fingerprint density at radius 1 is 1.17 bits per heavy atom. The Bertz CT molecular complexity index is 554. The van der Waals surface area contributed by atoms with Crippen molar-refractivity contribution in [3.63, 3.8) is 0 Å². The van der Waals surface area contributed by atoms with Crippen LogP contribution in [0.1, 0.15) is 21.5 Å². The molecule has 2 rings (SSSR count). The van der Waals surface area contributed by atoms with Gasteiger partial charge in [-0.1, -0.05) is 34.1 Å². The molecule has 0 saturated carbocycles. The maximum atomic E-state index is 13.2. The van der Waals surface area contributed by atoms with Crippen LogP contribution in [-0.4, -0.2) is 7.11 Å². The fraction of sp³-hybridized carbons (Fsp3) is 0.200. The molecule has 0 saturated heterocycles. The Kier molecular flexibility index (Phi) is 4.02. The first-order valence-corrected chi connectivity index (χ1v) is 6.57. The van der Waals surface area contributed by atoms with Crippen molar-refractivity contribution in [3.8, 4) is 5.75 Å². The summed E-state index contributed by atoms with van der Waals surface area (Å²) in [4.78, 5) is -0.0147. The topological polar surface area (TPSA) is 9.23 Å². The van der Waals surface area contributed by atoms with Crippen LogP contribution in [0.2, 0.25) is 0 Å². The van der Waals surface area contributed by atoms with Crippen LogP contribution in [0.15, 0.2) is 42.5 Å². The summed E-state index contributed by atoms with van der Waals surface area (Å²) >= 11 is 3.62. The van der Waals surface area contributed by atoms with Crippen molar-refractivity contribution in [3.05, 3.63) is 65.0 Å². The zero-order valence-electron chi connectivity index (χ0n) is 10.3. The highest BCUT2D eigenvalue weighted by Gasteiger charge is 2.13. The predicted molar refractivity (Wildman–Crippen MR) is 74.9 cm³/mol. The molecular weight excluding hydrogens is 295 g/mol. The summed E-state index contributed by atoms with van der Waals surface area (Å²) in [6.45, 7) is 2.02. The molecule has 0 spiro atoms. The summed E-state index contributed by atoms with van der Waals surface area (Å²) in [5.41, 5.74) is 3.13. The highest BCUT2D eigenvalue weighted by atomic mass is 79.9. The van der Waals surface area contributed by atoms with Gasteiger partial charge in [0.1, 0.15) is 11.6 Å². The van der Waals surface area contributed by atoms with Gasteiger partial charge in [-0.05, 0) is 47.9 Å². The van der Waals surface area contributed by atoms with Crippen LogP contribution in [0.5, 0.6) is 5.75 Å². The zero-order valence-corrected chi connectivity index (χ0v) is 11.9. The lowest BCUT2D eigenvalue weighted by Crippen LogP contribution is -1.97. The van der Waals surface area contributed by atoms with E-state index in [0.717, 1.165) is 22.4 Å². The quantitative estimate of drug-likeness (QED) is 0.751. The van der Waals surface area contributed by atoms with Gasteiger partial charge in [0.25, 0.3) is 0 Å². The van der Waals surface area contributed by atoms with Gasteiger partial charge in [0.05, 0.1) is 11.9 Å². The molecule has 0 aliphatic carbocycles. The van der Waals surface area contributed by atoms with E-state index < -0.39 is 0 Å². The van der Waals surface area contributed by atoms with Crippen LogP contribution in [0.3, 0.4) is 0 Å². The maximum Gasteiger partial charge on any atom is 0.123 e. The number of alkyl halides is 1. The van der Waals surface area contributed by atoms with E-state index in [-0.39, 0.29) is 10.6 Å². The molecule has 1 nitrogen and oxygen atoms in total. The molecule has 94 valence electrons. The highest BCUT2D eigenvalue weighted by Crippen LogP contribution is 2.34. The van der Waals surface area contributed by atoms with E-state index in [2.05, 4.69) is 15.9 Å².